The maximum atomic E-state index is 5.25. The summed E-state index contributed by atoms with van der Waals surface area (Å²) in [4.78, 5) is 13.9. The van der Waals surface area contributed by atoms with E-state index in [1.165, 1.54) is 32.5 Å². The van der Waals surface area contributed by atoms with Crippen LogP contribution in [0.2, 0.25) is 0 Å². The second kappa shape index (κ2) is 7.52. The van der Waals surface area contributed by atoms with Crippen LogP contribution in [0.1, 0.15) is 5.56 Å². The summed E-state index contributed by atoms with van der Waals surface area (Å²) in [5, 5.41) is 7.08. The molecular weight excluding hydrogens is 452 g/mol. The second-order valence-corrected chi connectivity index (χ2v) is 9.65. The number of H-pyrrole nitrogens is 1. The van der Waals surface area contributed by atoms with Gasteiger partial charge in [0.1, 0.15) is 0 Å². The first-order valence-electron chi connectivity index (χ1n) is 12.5. The number of aromatic nitrogens is 4. The highest BCUT2D eigenvalue weighted by molar-refractivity contribution is 6.31. The van der Waals surface area contributed by atoms with Gasteiger partial charge in [-0.1, -0.05) is 84.4 Å². The molecule has 3 heterocycles. The molecule has 0 saturated carbocycles. The molecule has 5 aromatic carbocycles. The van der Waals surface area contributed by atoms with E-state index in [1.807, 2.05) is 18.3 Å². The van der Waals surface area contributed by atoms with Gasteiger partial charge in [-0.05, 0) is 31.2 Å². The molecule has 0 bridgehead atoms. The van der Waals surface area contributed by atoms with Crippen LogP contribution in [0.25, 0.3) is 71.6 Å². The molecule has 0 amide bonds. The molecule has 0 unspecified atom stereocenters. The van der Waals surface area contributed by atoms with Crippen LogP contribution in [0.4, 0.5) is 0 Å². The predicted molar refractivity (Wildman–Crippen MR) is 153 cm³/mol. The van der Waals surface area contributed by atoms with Gasteiger partial charge in [0.05, 0.1) is 27.8 Å². The molecule has 1 N–H and O–H groups in total. The van der Waals surface area contributed by atoms with E-state index in [2.05, 4.69) is 107 Å². The number of rotatable bonds is 2. The van der Waals surface area contributed by atoms with Crippen LogP contribution in [0.15, 0.2) is 109 Å². The maximum absolute atomic E-state index is 5.25. The van der Waals surface area contributed by atoms with E-state index in [1.54, 1.807) is 0 Å². The average molecular weight is 475 g/mol. The van der Waals surface area contributed by atoms with Gasteiger partial charge in [0, 0.05) is 44.1 Å². The first-order chi connectivity index (χ1) is 18.3. The molecule has 8 rings (SSSR count). The number of hydrogen-bond acceptors (Lipinski definition) is 2. The lowest BCUT2D eigenvalue weighted by Gasteiger charge is -2.13. The van der Waals surface area contributed by atoms with Crippen molar-refractivity contribution < 1.29 is 0 Å². The summed E-state index contributed by atoms with van der Waals surface area (Å²) in [7, 11) is 0. The highest BCUT2D eigenvalue weighted by Gasteiger charge is 2.21. The smallest absolute Gasteiger partial charge is 0.235 e. The average Bonchev–Trinajstić information content (AvgIpc) is 3.56. The van der Waals surface area contributed by atoms with Crippen LogP contribution in [0, 0.1) is 6.92 Å². The summed E-state index contributed by atoms with van der Waals surface area (Å²) < 4.78 is 2.26. The van der Waals surface area contributed by atoms with Crippen molar-refractivity contribution in [3.8, 4) is 17.2 Å². The molecule has 0 aliphatic carbocycles. The van der Waals surface area contributed by atoms with E-state index in [-0.39, 0.29) is 0 Å². The van der Waals surface area contributed by atoms with E-state index >= 15 is 0 Å². The topological polar surface area (TPSA) is 46.5 Å². The molecule has 37 heavy (non-hydrogen) atoms. The minimum Gasteiger partial charge on any atom is -0.361 e. The van der Waals surface area contributed by atoms with Crippen LogP contribution < -0.4 is 0 Å². The van der Waals surface area contributed by atoms with Crippen LogP contribution in [0.5, 0.6) is 0 Å². The number of para-hydroxylation sites is 1. The van der Waals surface area contributed by atoms with Gasteiger partial charge in [-0.15, -0.1) is 0 Å². The number of nitrogens with zero attached hydrogens (tertiary/aromatic N) is 3. The van der Waals surface area contributed by atoms with Crippen molar-refractivity contribution in [1.82, 2.24) is 19.5 Å². The number of benzene rings is 5. The van der Waals surface area contributed by atoms with Gasteiger partial charge < -0.3 is 4.98 Å². The normalized spacial score (nSPS) is 11.9. The SMILES string of the molecule is Cc1ccc2c(c1)c1c3cc[nH]c3c3ccccc3c1n2-c1nc(-c2ccccc2)c2ccccc2n1. The molecule has 0 saturated heterocycles. The lowest BCUT2D eigenvalue weighted by Crippen LogP contribution is -2.03. The Morgan fingerprint density at radius 3 is 2.27 bits per heavy atom. The molecule has 0 spiro atoms. The van der Waals surface area contributed by atoms with Gasteiger partial charge in [0.2, 0.25) is 5.95 Å². The first kappa shape index (κ1) is 20.3. The minimum atomic E-state index is 0.682. The third-order valence-corrected chi connectivity index (χ3v) is 7.43. The molecule has 8 aromatic rings. The molecule has 0 aliphatic rings. The highest BCUT2D eigenvalue weighted by Crippen LogP contribution is 2.42. The fourth-order valence-electron chi connectivity index (χ4n) is 5.83. The summed E-state index contributed by atoms with van der Waals surface area (Å²) in [6.45, 7) is 2.15. The van der Waals surface area contributed by atoms with Gasteiger partial charge in [-0.25, -0.2) is 9.97 Å². The number of hydrogen-bond donors (Lipinski definition) is 1. The Morgan fingerprint density at radius 1 is 0.649 bits per heavy atom. The van der Waals surface area contributed by atoms with Gasteiger partial charge >= 0.3 is 0 Å². The molecule has 0 radical (unpaired) electrons. The maximum Gasteiger partial charge on any atom is 0.235 e. The molecule has 0 atom stereocenters. The zero-order valence-electron chi connectivity index (χ0n) is 20.2. The van der Waals surface area contributed by atoms with Crippen LogP contribution >= 0.6 is 0 Å². The fraction of sp³-hybridized carbons (Fsp3) is 0.0303. The Balaban J connectivity index is 1.61. The zero-order valence-corrected chi connectivity index (χ0v) is 20.2. The standard InChI is InChI=1S/C33H22N4/c1-20-15-16-28-26(19-20)29-25-17-18-34-31(25)22-11-5-6-12-23(22)32(29)37(28)33-35-27-14-8-7-13-24(27)30(36-33)21-9-3-2-4-10-21/h2-19,34H,1H3. The van der Waals surface area contributed by atoms with Crippen molar-refractivity contribution in [1.29, 1.82) is 0 Å². The number of aromatic amines is 1. The largest absolute Gasteiger partial charge is 0.361 e. The molecular formula is C33H22N4. The summed E-state index contributed by atoms with van der Waals surface area (Å²) in [5.41, 5.74) is 7.58. The Labute approximate surface area is 212 Å². The van der Waals surface area contributed by atoms with Crippen molar-refractivity contribution in [3.05, 3.63) is 115 Å². The van der Waals surface area contributed by atoms with E-state index in [4.69, 9.17) is 9.97 Å². The lowest BCUT2D eigenvalue weighted by molar-refractivity contribution is 1.02. The van der Waals surface area contributed by atoms with Gasteiger partial charge in [0.25, 0.3) is 0 Å². The van der Waals surface area contributed by atoms with Crippen molar-refractivity contribution in [2.24, 2.45) is 0 Å². The third kappa shape index (κ3) is 2.84. The number of nitrogens with one attached hydrogen (secondary N) is 1. The Kier molecular flexibility index (Phi) is 4.12. The van der Waals surface area contributed by atoms with E-state index in [9.17, 15) is 0 Å². The van der Waals surface area contributed by atoms with Crippen molar-refractivity contribution >= 4 is 54.4 Å². The lowest BCUT2D eigenvalue weighted by atomic mass is 10.0. The minimum absolute atomic E-state index is 0.682. The van der Waals surface area contributed by atoms with Crippen LogP contribution in [-0.4, -0.2) is 19.5 Å². The first-order valence-corrected chi connectivity index (χ1v) is 12.5. The monoisotopic (exact) mass is 474 g/mol. The fourth-order valence-corrected chi connectivity index (χ4v) is 5.83. The zero-order chi connectivity index (χ0) is 24.5. The van der Waals surface area contributed by atoms with E-state index < -0.39 is 0 Å². The molecule has 0 aliphatic heterocycles. The Morgan fingerprint density at radius 2 is 1.41 bits per heavy atom. The predicted octanol–water partition coefficient (Wildman–Crippen LogP) is 8.34. The van der Waals surface area contributed by atoms with E-state index in [0.29, 0.717) is 5.95 Å². The number of aryl methyl sites for hydroxylation is 1. The van der Waals surface area contributed by atoms with Crippen molar-refractivity contribution in [2.45, 2.75) is 6.92 Å². The van der Waals surface area contributed by atoms with Gasteiger partial charge in [0.15, 0.2) is 0 Å². The second-order valence-electron chi connectivity index (χ2n) is 9.65. The van der Waals surface area contributed by atoms with Crippen molar-refractivity contribution in [2.75, 3.05) is 0 Å². The summed E-state index contributed by atoms with van der Waals surface area (Å²) in [6, 6.07) is 36.1. The summed E-state index contributed by atoms with van der Waals surface area (Å²) >= 11 is 0. The van der Waals surface area contributed by atoms with Crippen molar-refractivity contribution in [3.63, 3.8) is 0 Å². The molecule has 4 heteroatoms. The highest BCUT2D eigenvalue weighted by atomic mass is 15.2. The number of fused-ring (bicyclic) bond motifs is 9. The Bertz CT molecular complexity index is 2150. The van der Waals surface area contributed by atoms with Gasteiger partial charge in [-0.3, -0.25) is 4.57 Å². The van der Waals surface area contributed by atoms with Gasteiger partial charge in [-0.2, -0.15) is 0 Å². The third-order valence-electron chi connectivity index (χ3n) is 7.43. The Hall–Kier alpha value is -4.96. The summed E-state index contributed by atoms with van der Waals surface area (Å²) in [5.74, 6) is 0.682. The molecule has 3 aromatic heterocycles. The molecule has 0 fully saturated rings. The van der Waals surface area contributed by atoms with E-state index in [0.717, 1.165) is 38.7 Å². The van der Waals surface area contributed by atoms with Crippen LogP contribution in [0.3, 0.4) is 0 Å². The quantitative estimate of drug-likeness (QED) is 0.274. The molecule has 4 nitrogen and oxygen atoms in total. The van der Waals surface area contributed by atoms with Crippen LogP contribution in [-0.2, 0) is 0 Å². The summed E-state index contributed by atoms with van der Waals surface area (Å²) in [6.07, 6.45) is 2.04. The molecule has 174 valence electrons.